The van der Waals surface area contributed by atoms with Gasteiger partial charge in [-0.3, -0.25) is 9.59 Å². The number of aliphatic hydroxyl groups is 2. The average molecular weight is 902 g/mol. The van der Waals surface area contributed by atoms with E-state index in [1.54, 1.807) is 0 Å². The highest BCUT2D eigenvalue weighted by molar-refractivity contribution is 5.77. The molecule has 0 aliphatic heterocycles. The zero-order chi connectivity index (χ0) is 47.4. The van der Waals surface area contributed by atoms with E-state index in [-0.39, 0.29) is 24.9 Å². The van der Waals surface area contributed by atoms with Crippen molar-refractivity contribution in [2.75, 3.05) is 6.61 Å². The Balaban J connectivity index is 4.71. The number of carbonyl (C=O) groups is 2. The minimum absolute atomic E-state index is 0.0153. The van der Waals surface area contributed by atoms with Crippen LogP contribution in [0.25, 0.3) is 0 Å². The number of carbonyl (C=O) groups excluding carboxylic acids is 2. The molecular formula is C59H99NO5. The summed E-state index contributed by atoms with van der Waals surface area (Å²) in [5.41, 5.74) is 0. The minimum atomic E-state index is -0.817. The highest BCUT2D eigenvalue weighted by Crippen LogP contribution is 2.17. The smallest absolute Gasteiger partial charge is 0.306 e. The van der Waals surface area contributed by atoms with Crippen molar-refractivity contribution in [3.63, 3.8) is 0 Å². The molecule has 0 rings (SSSR count). The summed E-state index contributed by atoms with van der Waals surface area (Å²) in [5, 5.41) is 23.8. The first-order valence-corrected chi connectivity index (χ1v) is 26.7. The number of aliphatic hydroxyl groups excluding tert-OH is 2. The third-order valence-corrected chi connectivity index (χ3v) is 11.6. The van der Waals surface area contributed by atoms with E-state index in [4.69, 9.17) is 4.74 Å². The minimum Gasteiger partial charge on any atom is -0.462 e. The number of rotatable bonds is 46. The van der Waals surface area contributed by atoms with E-state index in [9.17, 15) is 19.8 Å². The Bertz CT molecular complexity index is 1330. The molecule has 0 saturated carbocycles. The van der Waals surface area contributed by atoms with Crippen molar-refractivity contribution in [3.05, 3.63) is 109 Å². The van der Waals surface area contributed by atoms with Gasteiger partial charge >= 0.3 is 5.97 Å². The number of esters is 1. The molecule has 3 atom stereocenters. The molecule has 0 spiro atoms. The lowest BCUT2D eigenvalue weighted by atomic mass is 10.0. The third-order valence-electron chi connectivity index (χ3n) is 11.6. The summed E-state index contributed by atoms with van der Waals surface area (Å²) in [4.78, 5) is 26.2. The highest BCUT2D eigenvalue weighted by Gasteiger charge is 2.24. The molecule has 370 valence electrons. The summed E-state index contributed by atoms with van der Waals surface area (Å²) in [7, 11) is 0. The second-order valence-corrected chi connectivity index (χ2v) is 17.7. The van der Waals surface area contributed by atoms with Crippen molar-refractivity contribution < 1.29 is 24.5 Å². The fourth-order valence-electron chi connectivity index (χ4n) is 7.59. The lowest BCUT2D eigenvalue weighted by Crippen LogP contribution is -2.46. The van der Waals surface area contributed by atoms with Crippen molar-refractivity contribution in [1.82, 2.24) is 5.32 Å². The monoisotopic (exact) mass is 902 g/mol. The maximum Gasteiger partial charge on any atom is 0.306 e. The number of unbranched alkanes of at least 4 members (excludes halogenated alkanes) is 23. The van der Waals surface area contributed by atoms with Gasteiger partial charge in [-0.25, -0.2) is 0 Å². The topological polar surface area (TPSA) is 95.9 Å². The summed E-state index contributed by atoms with van der Waals surface area (Å²) in [6.45, 7) is 6.19. The fraction of sp³-hybridized carbons (Fsp3) is 0.661. The molecule has 6 nitrogen and oxygen atoms in total. The molecule has 3 N–H and O–H groups in total. The maximum absolute atomic E-state index is 13.2. The van der Waals surface area contributed by atoms with Gasteiger partial charge in [-0.05, 0) is 57.8 Å². The summed E-state index contributed by atoms with van der Waals surface area (Å²) in [5.74, 6) is -0.570. The van der Waals surface area contributed by atoms with Crippen LogP contribution in [0.4, 0.5) is 0 Å². The lowest BCUT2D eigenvalue weighted by Gasteiger charge is -2.24. The molecule has 0 radical (unpaired) electrons. The molecule has 0 aromatic rings. The van der Waals surface area contributed by atoms with Crippen LogP contribution < -0.4 is 5.32 Å². The molecule has 0 fully saturated rings. The number of hydrogen-bond acceptors (Lipinski definition) is 5. The molecule has 0 aliphatic carbocycles. The summed E-state index contributed by atoms with van der Waals surface area (Å²) >= 11 is 0. The molecule has 65 heavy (non-hydrogen) atoms. The zero-order valence-corrected chi connectivity index (χ0v) is 42.1. The second kappa shape index (κ2) is 51.5. The zero-order valence-electron chi connectivity index (χ0n) is 42.1. The number of ether oxygens (including phenoxy) is 1. The molecule has 3 unspecified atom stereocenters. The van der Waals surface area contributed by atoms with Crippen molar-refractivity contribution in [2.24, 2.45) is 0 Å². The molecule has 6 heteroatoms. The van der Waals surface area contributed by atoms with Crippen LogP contribution in [0.3, 0.4) is 0 Å². The van der Waals surface area contributed by atoms with Crippen molar-refractivity contribution in [1.29, 1.82) is 0 Å². The van der Waals surface area contributed by atoms with E-state index < -0.39 is 18.2 Å². The van der Waals surface area contributed by atoms with Gasteiger partial charge in [0.15, 0.2) is 0 Å². The van der Waals surface area contributed by atoms with E-state index >= 15 is 0 Å². The number of hydrogen-bond donors (Lipinski definition) is 3. The molecule has 0 bridgehead atoms. The summed E-state index contributed by atoms with van der Waals surface area (Å²) < 4.78 is 5.90. The van der Waals surface area contributed by atoms with E-state index in [0.29, 0.717) is 19.3 Å². The maximum atomic E-state index is 13.2. The van der Waals surface area contributed by atoms with Crippen molar-refractivity contribution in [3.8, 4) is 0 Å². The molecule has 0 saturated heterocycles. The molecular weight excluding hydrogens is 803 g/mol. The largest absolute Gasteiger partial charge is 0.462 e. The van der Waals surface area contributed by atoms with E-state index in [0.717, 1.165) is 70.6 Å². The number of nitrogens with one attached hydrogen (secondary N) is 1. The van der Waals surface area contributed by atoms with Crippen LogP contribution in [0.2, 0.25) is 0 Å². The quantitative estimate of drug-likeness (QED) is 0.0321. The van der Waals surface area contributed by atoms with Crippen LogP contribution in [0.5, 0.6) is 0 Å². The van der Waals surface area contributed by atoms with E-state index in [1.807, 2.05) is 60.8 Å². The molecule has 1 amide bonds. The predicted octanol–water partition coefficient (Wildman–Crippen LogP) is 16.3. The Kier molecular flexibility index (Phi) is 48.7. The average Bonchev–Trinajstić information content (AvgIpc) is 3.30. The Hall–Kier alpha value is -3.48. The first-order chi connectivity index (χ1) is 32.0. The second-order valence-electron chi connectivity index (χ2n) is 17.7. The first kappa shape index (κ1) is 61.5. The standard InChI is InChI=1S/C59H99NO5/c1-4-7-10-13-16-19-22-25-28-31-33-36-39-42-45-48-51-57(62)56(54-61)60-58(63)53-55(50-47-44-41-38-35-32-29-26-23-20-17-14-11-8-5-2)65-59(64)52-49-46-43-40-37-34-30-27-24-21-18-15-12-9-6-3/h8-9,11-12,14-15,17-18,20-21,23-24,26,29,32,35,38,41,55-57,61-62H,4-7,10,13,16,19,22,25,27-28,30-31,33-34,36-37,39-40,42-54H2,1-3H3,(H,60,63)/b11-8-,12-9+,17-14+,18-15+,23-20+,24-21+,29-26-,35-32+,41-38+. The van der Waals surface area contributed by atoms with Crippen LogP contribution in [0.1, 0.15) is 226 Å². The predicted molar refractivity (Wildman–Crippen MR) is 282 cm³/mol. The Morgan fingerprint density at radius 1 is 0.462 bits per heavy atom. The van der Waals surface area contributed by atoms with Crippen LogP contribution in [0, 0.1) is 0 Å². The summed E-state index contributed by atoms with van der Waals surface area (Å²) in [6, 6.07) is -0.736. The van der Waals surface area contributed by atoms with Gasteiger partial charge in [-0.2, -0.15) is 0 Å². The van der Waals surface area contributed by atoms with Gasteiger partial charge in [-0.1, -0.05) is 265 Å². The van der Waals surface area contributed by atoms with E-state index in [1.165, 1.54) is 109 Å². The SMILES string of the molecule is CC\C=C/C=C/C=C/C=C\C=C\C=C\CCCC(CC(=O)NC(CO)C(O)CCCCCCCCCCCCCCCCCC)OC(=O)CCCCCCCCC/C=C/C=C/C=C/CC. The van der Waals surface area contributed by atoms with Crippen LogP contribution in [0.15, 0.2) is 109 Å². The van der Waals surface area contributed by atoms with Crippen LogP contribution >= 0.6 is 0 Å². The molecule has 0 aliphatic rings. The third kappa shape index (κ3) is 46.8. The number of allylic oxidation sites excluding steroid dienone is 18. The molecule has 0 aromatic heterocycles. The van der Waals surface area contributed by atoms with Gasteiger partial charge in [-0.15, -0.1) is 0 Å². The Morgan fingerprint density at radius 3 is 1.29 bits per heavy atom. The van der Waals surface area contributed by atoms with Gasteiger partial charge in [0.1, 0.15) is 6.10 Å². The van der Waals surface area contributed by atoms with Gasteiger partial charge in [0, 0.05) is 6.42 Å². The van der Waals surface area contributed by atoms with Gasteiger partial charge in [0.05, 0.1) is 25.2 Å². The van der Waals surface area contributed by atoms with Gasteiger partial charge < -0.3 is 20.3 Å². The van der Waals surface area contributed by atoms with Crippen molar-refractivity contribution in [2.45, 2.75) is 244 Å². The highest BCUT2D eigenvalue weighted by atomic mass is 16.5. The van der Waals surface area contributed by atoms with Crippen LogP contribution in [-0.4, -0.2) is 46.9 Å². The molecule has 0 aromatic carbocycles. The van der Waals surface area contributed by atoms with Crippen molar-refractivity contribution >= 4 is 11.9 Å². The Labute approximate surface area is 400 Å². The Morgan fingerprint density at radius 2 is 0.846 bits per heavy atom. The van der Waals surface area contributed by atoms with E-state index in [2.05, 4.69) is 74.7 Å². The van der Waals surface area contributed by atoms with Crippen LogP contribution in [-0.2, 0) is 14.3 Å². The summed E-state index contributed by atoms with van der Waals surface area (Å²) in [6.07, 6.45) is 70.1. The lowest BCUT2D eigenvalue weighted by molar-refractivity contribution is -0.151. The number of amides is 1. The van der Waals surface area contributed by atoms with Gasteiger partial charge in [0.25, 0.3) is 0 Å². The fourth-order valence-corrected chi connectivity index (χ4v) is 7.59. The normalized spacial score (nSPS) is 14.1. The van der Waals surface area contributed by atoms with Gasteiger partial charge in [0.2, 0.25) is 5.91 Å². The first-order valence-electron chi connectivity index (χ1n) is 26.7. The molecule has 0 heterocycles.